The predicted octanol–water partition coefficient (Wildman–Crippen LogP) is 6.21. The van der Waals surface area contributed by atoms with Crippen LogP contribution in [0.3, 0.4) is 0 Å². The van der Waals surface area contributed by atoms with E-state index in [0.29, 0.717) is 27.2 Å². The van der Waals surface area contributed by atoms with Gasteiger partial charge in [-0.3, -0.25) is 0 Å². The Balaban J connectivity index is 2.28. The lowest BCUT2D eigenvalue weighted by molar-refractivity contribution is 0.479. The van der Waals surface area contributed by atoms with Crippen molar-refractivity contribution in [3.63, 3.8) is 0 Å². The van der Waals surface area contributed by atoms with Crippen LogP contribution in [0.25, 0.3) is 0 Å². The van der Waals surface area contributed by atoms with Gasteiger partial charge in [-0.15, -0.1) is 0 Å². The maximum atomic E-state index is 6.05. The van der Waals surface area contributed by atoms with Crippen molar-refractivity contribution in [3.8, 4) is 11.5 Å². The van der Waals surface area contributed by atoms with Crippen molar-refractivity contribution in [3.05, 3.63) is 52.0 Å². The van der Waals surface area contributed by atoms with E-state index in [2.05, 4.69) is 0 Å². The van der Waals surface area contributed by atoms with Crippen molar-refractivity contribution in [2.24, 2.45) is 0 Å². The monoisotopic (exact) mass is 335 g/mol. The van der Waals surface area contributed by atoms with E-state index in [1.54, 1.807) is 36.4 Å². The van der Waals surface area contributed by atoms with Gasteiger partial charge in [0.2, 0.25) is 0 Å². The molecular formula is C13H9Cl4NO. The summed E-state index contributed by atoms with van der Waals surface area (Å²) in [6.45, 7) is 1.89. The van der Waals surface area contributed by atoms with Gasteiger partial charge < -0.3 is 4.74 Å². The van der Waals surface area contributed by atoms with E-state index in [1.807, 2.05) is 6.92 Å². The Labute approximate surface area is 131 Å². The van der Waals surface area contributed by atoms with Gasteiger partial charge in [0, 0.05) is 28.6 Å². The zero-order valence-corrected chi connectivity index (χ0v) is 12.9. The topological polar surface area (TPSA) is 12.5 Å². The minimum atomic E-state index is 0.451. The van der Waals surface area contributed by atoms with Gasteiger partial charge in [-0.1, -0.05) is 23.2 Å². The molecular weight excluding hydrogens is 328 g/mol. The van der Waals surface area contributed by atoms with Crippen LogP contribution in [0.15, 0.2) is 36.4 Å². The predicted molar refractivity (Wildman–Crippen MR) is 81.9 cm³/mol. The molecule has 0 radical (unpaired) electrons. The Kier molecular flexibility index (Phi) is 4.69. The summed E-state index contributed by atoms with van der Waals surface area (Å²) in [5.74, 6) is 1.21. The average molecular weight is 337 g/mol. The lowest BCUT2D eigenvalue weighted by Crippen LogP contribution is -1.94. The second-order valence-electron chi connectivity index (χ2n) is 3.86. The van der Waals surface area contributed by atoms with Gasteiger partial charge in [-0.25, -0.2) is 0 Å². The number of ether oxygens (including phenoxy) is 1. The fourth-order valence-corrected chi connectivity index (χ4v) is 2.19. The molecule has 19 heavy (non-hydrogen) atoms. The number of hydrogen-bond acceptors (Lipinski definition) is 2. The molecule has 0 aliphatic heterocycles. The first kappa shape index (κ1) is 14.6. The van der Waals surface area contributed by atoms with Crippen molar-refractivity contribution in [2.75, 3.05) is 3.94 Å². The Morgan fingerprint density at radius 2 is 1.63 bits per heavy atom. The minimum absolute atomic E-state index is 0.451. The molecule has 2 aromatic carbocycles. The summed E-state index contributed by atoms with van der Waals surface area (Å²) in [6, 6.07) is 10.4. The molecule has 0 N–H and O–H groups in total. The molecule has 0 bridgehead atoms. The van der Waals surface area contributed by atoms with Crippen LogP contribution in [0.5, 0.6) is 11.5 Å². The standard InChI is InChI=1S/C13H9Cl4NO/c1-8-6-10(18(16)17)3-5-12(8)19-13-4-2-9(14)7-11(13)15/h2-7H,1H3. The van der Waals surface area contributed by atoms with E-state index in [0.717, 1.165) is 9.50 Å². The maximum Gasteiger partial charge on any atom is 0.146 e. The fourth-order valence-electron chi connectivity index (χ4n) is 1.53. The summed E-state index contributed by atoms with van der Waals surface area (Å²) in [7, 11) is 0. The first-order chi connectivity index (χ1) is 8.97. The van der Waals surface area contributed by atoms with E-state index in [9.17, 15) is 0 Å². The molecule has 0 amide bonds. The number of benzene rings is 2. The Hall–Kier alpha value is -0.800. The van der Waals surface area contributed by atoms with E-state index < -0.39 is 0 Å². The highest BCUT2D eigenvalue weighted by Gasteiger charge is 2.08. The first-order valence-corrected chi connectivity index (χ1v) is 6.76. The number of halogens is 4. The lowest BCUT2D eigenvalue weighted by atomic mass is 10.2. The second kappa shape index (κ2) is 6.10. The largest absolute Gasteiger partial charge is 0.456 e. The van der Waals surface area contributed by atoms with Crippen LogP contribution >= 0.6 is 46.8 Å². The Bertz CT molecular complexity index is 601. The van der Waals surface area contributed by atoms with Crippen molar-refractivity contribution in [1.29, 1.82) is 0 Å². The second-order valence-corrected chi connectivity index (χ2v) is 5.55. The lowest BCUT2D eigenvalue weighted by Gasteiger charge is -2.12. The molecule has 0 saturated carbocycles. The van der Waals surface area contributed by atoms with Gasteiger partial charge in [0.1, 0.15) is 11.5 Å². The molecule has 0 heterocycles. The van der Waals surface area contributed by atoms with Crippen molar-refractivity contribution >= 4 is 52.4 Å². The fraction of sp³-hybridized carbons (Fsp3) is 0.0769. The highest BCUT2D eigenvalue weighted by Crippen LogP contribution is 2.34. The first-order valence-electron chi connectivity index (χ1n) is 5.32. The summed E-state index contributed by atoms with van der Waals surface area (Å²) in [4.78, 5) is 0. The number of aryl methyl sites for hydroxylation is 1. The maximum absolute atomic E-state index is 6.05. The van der Waals surface area contributed by atoms with Gasteiger partial charge in [0.05, 0.1) is 10.7 Å². The highest BCUT2D eigenvalue weighted by molar-refractivity contribution is 6.49. The summed E-state index contributed by atoms with van der Waals surface area (Å²) < 4.78 is 6.73. The molecule has 2 aromatic rings. The molecule has 100 valence electrons. The molecule has 6 heteroatoms. The van der Waals surface area contributed by atoms with Crippen LogP contribution in [0.2, 0.25) is 10.0 Å². The summed E-state index contributed by atoms with van der Waals surface area (Å²) >= 11 is 23.2. The smallest absolute Gasteiger partial charge is 0.146 e. The van der Waals surface area contributed by atoms with Crippen molar-refractivity contribution < 1.29 is 4.74 Å². The van der Waals surface area contributed by atoms with Gasteiger partial charge in [0.15, 0.2) is 0 Å². The van der Waals surface area contributed by atoms with Gasteiger partial charge in [-0.2, -0.15) is 3.94 Å². The third-order valence-electron chi connectivity index (χ3n) is 2.47. The summed E-state index contributed by atoms with van der Waals surface area (Å²) in [5, 5.41) is 1.01. The highest BCUT2D eigenvalue weighted by atomic mass is 35.5. The van der Waals surface area contributed by atoms with Crippen LogP contribution in [-0.4, -0.2) is 0 Å². The SMILES string of the molecule is Cc1cc(N(Cl)Cl)ccc1Oc1ccc(Cl)cc1Cl. The van der Waals surface area contributed by atoms with Gasteiger partial charge >= 0.3 is 0 Å². The van der Waals surface area contributed by atoms with Gasteiger partial charge in [-0.05, 0) is 48.9 Å². The summed E-state index contributed by atoms with van der Waals surface area (Å²) in [5.41, 5.74) is 1.55. The number of anilines is 1. The molecule has 0 spiro atoms. The molecule has 2 rings (SSSR count). The van der Waals surface area contributed by atoms with E-state index in [1.165, 1.54) is 0 Å². The minimum Gasteiger partial charge on any atom is -0.456 e. The van der Waals surface area contributed by atoms with Crippen molar-refractivity contribution in [1.82, 2.24) is 0 Å². The normalized spacial score (nSPS) is 10.4. The molecule has 0 unspecified atom stereocenters. The third-order valence-corrected chi connectivity index (χ3v) is 3.39. The average Bonchev–Trinajstić information content (AvgIpc) is 2.34. The zero-order chi connectivity index (χ0) is 14.0. The Morgan fingerprint density at radius 3 is 2.21 bits per heavy atom. The molecule has 0 saturated heterocycles. The quantitative estimate of drug-likeness (QED) is 0.618. The van der Waals surface area contributed by atoms with Crippen LogP contribution in [0, 0.1) is 6.92 Å². The van der Waals surface area contributed by atoms with E-state index in [-0.39, 0.29) is 0 Å². The number of hydrogen-bond donors (Lipinski definition) is 0. The zero-order valence-electron chi connectivity index (χ0n) is 9.83. The number of rotatable bonds is 3. The van der Waals surface area contributed by atoms with E-state index in [4.69, 9.17) is 51.5 Å². The van der Waals surface area contributed by atoms with Crippen LogP contribution in [0.4, 0.5) is 5.69 Å². The molecule has 0 fully saturated rings. The summed E-state index contributed by atoms with van der Waals surface area (Å²) in [6.07, 6.45) is 0. The molecule has 2 nitrogen and oxygen atoms in total. The van der Waals surface area contributed by atoms with Crippen LogP contribution < -0.4 is 8.67 Å². The van der Waals surface area contributed by atoms with E-state index >= 15 is 0 Å². The Morgan fingerprint density at radius 1 is 0.947 bits per heavy atom. The van der Waals surface area contributed by atoms with Crippen LogP contribution in [0.1, 0.15) is 5.56 Å². The molecule has 0 atom stereocenters. The molecule has 0 aliphatic carbocycles. The third kappa shape index (κ3) is 3.61. The van der Waals surface area contributed by atoms with Gasteiger partial charge in [0.25, 0.3) is 0 Å². The van der Waals surface area contributed by atoms with Crippen molar-refractivity contribution in [2.45, 2.75) is 6.92 Å². The molecule has 0 aromatic heterocycles. The number of nitrogens with zero attached hydrogens (tertiary/aromatic N) is 1. The van der Waals surface area contributed by atoms with Crippen LogP contribution in [-0.2, 0) is 0 Å². The molecule has 0 aliphatic rings.